The van der Waals surface area contributed by atoms with Gasteiger partial charge in [-0.25, -0.2) is 4.39 Å². The van der Waals surface area contributed by atoms with Crippen molar-refractivity contribution in [1.82, 2.24) is 0 Å². The zero-order chi connectivity index (χ0) is 13.1. The maximum atomic E-state index is 13.3. The maximum Gasteiger partial charge on any atom is 0.416 e. The van der Waals surface area contributed by atoms with E-state index in [1.54, 1.807) is 0 Å². The number of nitrogens with one attached hydrogen (secondary N) is 1. The van der Waals surface area contributed by atoms with E-state index in [1.807, 2.05) is 0 Å². The molecule has 96 valence electrons. The summed E-state index contributed by atoms with van der Waals surface area (Å²) in [7, 11) is 0. The number of benzene rings is 1. The number of rotatable bonds is 4. The van der Waals surface area contributed by atoms with Gasteiger partial charge in [-0.2, -0.15) is 13.2 Å². The zero-order valence-electron chi connectivity index (χ0n) is 8.56. The molecular weight excluding hydrogens is 262 g/mol. The molecule has 1 atom stereocenters. The molecule has 0 saturated carbocycles. The molecule has 0 heterocycles. The molecule has 0 fully saturated rings. The summed E-state index contributed by atoms with van der Waals surface area (Å²) in [6, 6.07) is 2.13. The van der Waals surface area contributed by atoms with Gasteiger partial charge in [0.2, 0.25) is 0 Å². The lowest BCUT2D eigenvalue weighted by molar-refractivity contribution is -0.137. The number of hydrogen-bond donors (Lipinski definition) is 2. The molecule has 17 heavy (non-hydrogen) atoms. The highest BCUT2D eigenvalue weighted by Crippen LogP contribution is 2.31. The Kier molecular flexibility index (Phi) is 4.59. The Bertz CT molecular complexity index is 383. The molecule has 0 spiro atoms. The van der Waals surface area contributed by atoms with Gasteiger partial charge in [0.15, 0.2) is 0 Å². The molecule has 0 amide bonds. The van der Waals surface area contributed by atoms with Gasteiger partial charge in [-0.05, 0) is 18.2 Å². The predicted octanol–water partition coefficient (Wildman–Crippen LogP) is 2.86. The van der Waals surface area contributed by atoms with Gasteiger partial charge >= 0.3 is 6.18 Å². The molecule has 0 aliphatic carbocycles. The fraction of sp³-hybridized carbons (Fsp3) is 0.400. The Hall–Kier alpha value is -1.01. The van der Waals surface area contributed by atoms with Gasteiger partial charge in [0.05, 0.1) is 23.2 Å². The van der Waals surface area contributed by atoms with E-state index in [1.165, 1.54) is 0 Å². The normalized spacial score (nSPS) is 13.5. The SMILES string of the molecule is OC(CCl)CNc1ccc(C(F)(F)F)cc1F. The van der Waals surface area contributed by atoms with Crippen LogP contribution in [0.15, 0.2) is 18.2 Å². The van der Waals surface area contributed by atoms with Crippen molar-refractivity contribution in [3.8, 4) is 0 Å². The lowest BCUT2D eigenvalue weighted by Crippen LogP contribution is -2.21. The number of anilines is 1. The average molecular weight is 272 g/mol. The molecule has 0 aliphatic rings. The van der Waals surface area contributed by atoms with E-state index in [2.05, 4.69) is 5.32 Å². The van der Waals surface area contributed by atoms with Gasteiger partial charge in [-0.3, -0.25) is 0 Å². The molecule has 7 heteroatoms. The molecular formula is C10H10ClF4NO. The molecule has 0 aliphatic heterocycles. The van der Waals surface area contributed by atoms with Crippen molar-refractivity contribution in [3.63, 3.8) is 0 Å². The number of alkyl halides is 4. The van der Waals surface area contributed by atoms with Gasteiger partial charge in [0, 0.05) is 6.54 Å². The third-order valence-corrected chi connectivity index (χ3v) is 2.36. The van der Waals surface area contributed by atoms with Crippen LogP contribution in [0.25, 0.3) is 0 Å². The third kappa shape index (κ3) is 4.05. The first kappa shape index (κ1) is 14.1. The Labute approximate surface area is 100 Å². The molecule has 2 N–H and O–H groups in total. The minimum atomic E-state index is -4.57. The quantitative estimate of drug-likeness (QED) is 0.652. The molecule has 1 aromatic rings. The summed E-state index contributed by atoms with van der Waals surface area (Å²) < 4.78 is 49.9. The third-order valence-electron chi connectivity index (χ3n) is 2.00. The van der Waals surface area contributed by atoms with Crippen LogP contribution in [0, 0.1) is 5.82 Å². The Balaban J connectivity index is 2.77. The van der Waals surface area contributed by atoms with Gasteiger partial charge in [0.25, 0.3) is 0 Å². The van der Waals surface area contributed by atoms with E-state index >= 15 is 0 Å². The van der Waals surface area contributed by atoms with E-state index in [0.717, 1.165) is 12.1 Å². The molecule has 0 aromatic heterocycles. The van der Waals surface area contributed by atoms with Crippen molar-refractivity contribution in [2.45, 2.75) is 12.3 Å². The summed E-state index contributed by atoms with van der Waals surface area (Å²) in [6.07, 6.45) is -5.46. The Morgan fingerprint density at radius 2 is 2.00 bits per heavy atom. The number of halogens is 5. The second-order valence-corrected chi connectivity index (χ2v) is 3.69. The summed E-state index contributed by atoms with van der Waals surface area (Å²) in [4.78, 5) is 0. The van der Waals surface area contributed by atoms with Crippen LogP contribution in [0.3, 0.4) is 0 Å². The smallest absolute Gasteiger partial charge is 0.390 e. The van der Waals surface area contributed by atoms with Crippen molar-refractivity contribution < 1.29 is 22.7 Å². The van der Waals surface area contributed by atoms with E-state index in [4.69, 9.17) is 16.7 Å². The Morgan fingerprint density at radius 3 is 2.47 bits per heavy atom. The standard InChI is InChI=1S/C10H10ClF4NO/c11-4-7(17)5-16-9-2-1-6(3-8(9)12)10(13,14)15/h1-3,7,16-17H,4-5H2. The minimum absolute atomic E-state index is 0.0359. The van der Waals surface area contributed by atoms with Crippen molar-refractivity contribution in [3.05, 3.63) is 29.6 Å². The Morgan fingerprint density at radius 1 is 1.35 bits per heavy atom. The van der Waals surface area contributed by atoms with Crippen molar-refractivity contribution in [1.29, 1.82) is 0 Å². The van der Waals surface area contributed by atoms with Crippen molar-refractivity contribution in [2.24, 2.45) is 0 Å². The van der Waals surface area contributed by atoms with Crippen LogP contribution in [0.5, 0.6) is 0 Å². The van der Waals surface area contributed by atoms with Gasteiger partial charge in [0.1, 0.15) is 5.82 Å². The number of hydrogen-bond acceptors (Lipinski definition) is 2. The molecule has 0 radical (unpaired) electrons. The van der Waals surface area contributed by atoms with Crippen molar-refractivity contribution in [2.75, 3.05) is 17.7 Å². The summed E-state index contributed by atoms with van der Waals surface area (Å²) in [5, 5.41) is 11.6. The zero-order valence-corrected chi connectivity index (χ0v) is 9.32. The highest BCUT2D eigenvalue weighted by Gasteiger charge is 2.31. The molecule has 0 bridgehead atoms. The van der Waals surface area contributed by atoms with E-state index < -0.39 is 23.7 Å². The summed E-state index contributed by atoms with van der Waals surface area (Å²) in [5.74, 6) is -1.07. The molecule has 1 unspecified atom stereocenters. The van der Waals surface area contributed by atoms with Crippen LogP contribution in [0.1, 0.15) is 5.56 Å². The predicted molar refractivity (Wildman–Crippen MR) is 56.6 cm³/mol. The fourth-order valence-electron chi connectivity index (χ4n) is 1.12. The maximum absolute atomic E-state index is 13.3. The number of aliphatic hydroxyl groups excluding tert-OH is 1. The van der Waals surface area contributed by atoms with Crippen LogP contribution in [0.4, 0.5) is 23.2 Å². The van der Waals surface area contributed by atoms with Gasteiger partial charge in [-0.15, -0.1) is 11.6 Å². The van der Waals surface area contributed by atoms with E-state index in [9.17, 15) is 17.6 Å². The van der Waals surface area contributed by atoms with E-state index in [-0.39, 0.29) is 18.1 Å². The lowest BCUT2D eigenvalue weighted by atomic mass is 10.2. The monoisotopic (exact) mass is 271 g/mol. The number of aliphatic hydroxyl groups is 1. The van der Waals surface area contributed by atoms with Crippen LogP contribution in [-0.2, 0) is 6.18 Å². The molecule has 1 aromatic carbocycles. The molecule has 0 saturated heterocycles. The first-order valence-electron chi connectivity index (χ1n) is 4.69. The highest BCUT2D eigenvalue weighted by molar-refractivity contribution is 6.18. The second kappa shape index (κ2) is 5.55. The largest absolute Gasteiger partial charge is 0.416 e. The second-order valence-electron chi connectivity index (χ2n) is 3.38. The molecule has 2 nitrogen and oxygen atoms in total. The fourth-order valence-corrected chi connectivity index (χ4v) is 1.23. The van der Waals surface area contributed by atoms with Crippen LogP contribution >= 0.6 is 11.6 Å². The van der Waals surface area contributed by atoms with Crippen molar-refractivity contribution >= 4 is 17.3 Å². The molecule has 1 rings (SSSR count). The summed E-state index contributed by atoms with van der Waals surface area (Å²) in [5.41, 5.74) is -1.17. The summed E-state index contributed by atoms with van der Waals surface area (Å²) >= 11 is 5.31. The van der Waals surface area contributed by atoms with Gasteiger partial charge < -0.3 is 10.4 Å². The average Bonchev–Trinajstić information content (AvgIpc) is 2.25. The van der Waals surface area contributed by atoms with E-state index in [0.29, 0.717) is 6.07 Å². The summed E-state index contributed by atoms with van der Waals surface area (Å²) in [6.45, 7) is -0.0359. The lowest BCUT2D eigenvalue weighted by Gasteiger charge is -2.12. The minimum Gasteiger partial charge on any atom is -0.390 e. The van der Waals surface area contributed by atoms with Crippen LogP contribution < -0.4 is 5.32 Å². The van der Waals surface area contributed by atoms with Crippen LogP contribution in [0.2, 0.25) is 0 Å². The first-order valence-corrected chi connectivity index (χ1v) is 5.22. The van der Waals surface area contributed by atoms with Crippen LogP contribution in [-0.4, -0.2) is 23.6 Å². The highest BCUT2D eigenvalue weighted by atomic mass is 35.5. The van der Waals surface area contributed by atoms with Gasteiger partial charge in [-0.1, -0.05) is 0 Å². The topological polar surface area (TPSA) is 32.3 Å². The first-order chi connectivity index (χ1) is 7.84.